The van der Waals surface area contributed by atoms with Crippen molar-refractivity contribution in [3.05, 3.63) is 89.5 Å². The Morgan fingerprint density at radius 1 is 0.903 bits per heavy atom. The van der Waals surface area contributed by atoms with Gasteiger partial charge in [-0.05, 0) is 54.7 Å². The van der Waals surface area contributed by atoms with Crippen LogP contribution < -0.4 is 10.1 Å². The Labute approximate surface area is 183 Å². The van der Waals surface area contributed by atoms with E-state index in [-0.39, 0.29) is 23.7 Å². The third kappa shape index (κ3) is 3.74. The van der Waals surface area contributed by atoms with Crippen LogP contribution in [0.5, 0.6) is 5.75 Å². The van der Waals surface area contributed by atoms with Gasteiger partial charge in [0.15, 0.2) is 0 Å². The van der Waals surface area contributed by atoms with Crippen LogP contribution in [0.2, 0.25) is 0 Å². The summed E-state index contributed by atoms with van der Waals surface area (Å²) in [6.45, 7) is 2.08. The minimum absolute atomic E-state index is 0.118. The Morgan fingerprint density at radius 2 is 1.61 bits per heavy atom. The number of aryl methyl sites for hydroxylation is 1. The molecule has 5 rings (SSSR count). The van der Waals surface area contributed by atoms with E-state index in [1.807, 2.05) is 36.4 Å². The summed E-state index contributed by atoms with van der Waals surface area (Å²) in [5.74, 6) is 0.951. The van der Waals surface area contributed by atoms with Crippen LogP contribution in [0.1, 0.15) is 41.5 Å². The number of nitrogens with zero attached hydrogens (tertiary/aromatic N) is 1. The predicted molar refractivity (Wildman–Crippen MR) is 125 cm³/mol. The molecule has 1 saturated carbocycles. The van der Waals surface area contributed by atoms with Crippen molar-refractivity contribution in [2.75, 3.05) is 12.4 Å². The summed E-state index contributed by atoms with van der Waals surface area (Å²) in [4.78, 5) is 18.6. The molecular weight excluding hydrogens is 384 g/mol. The fourth-order valence-electron chi connectivity index (χ4n) is 4.76. The molecule has 31 heavy (non-hydrogen) atoms. The number of Topliss-reactive ketones (excluding diaryl/α,β-unsaturated/α-hetero) is 1. The number of carbonyl (C=O) groups excluding carboxylic acids is 1. The first-order chi connectivity index (χ1) is 15.1. The Bertz CT molecular complexity index is 1130. The summed E-state index contributed by atoms with van der Waals surface area (Å²) in [5.41, 5.74) is 6.34. The first-order valence-electron chi connectivity index (χ1n) is 10.8. The number of benzene rings is 3. The van der Waals surface area contributed by atoms with Crippen LogP contribution in [0.4, 0.5) is 11.4 Å². The van der Waals surface area contributed by atoms with Crippen LogP contribution in [-0.2, 0) is 4.79 Å². The van der Waals surface area contributed by atoms with E-state index in [0.29, 0.717) is 6.42 Å². The first kappa shape index (κ1) is 19.6. The molecule has 3 atom stereocenters. The Morgan fingerprint density at radius 3 is 2.35 bits per heavy atom. The molecule has 1 fully saturated rings. The van der Waals surface area contributed by atoms with Crippen LogP contribution in [0, 0.1) is 12.8 Å². The van der Waals surface area contributed by atoms with E-state index in [1.54, 1.807) is 7.11 Å². The molecular formula is C27H26N2O2. The number of ether oxygens (including phenoxy) is 1. The van der Waals surface area contributed by atoms with Crippen molar-refractivity contribution in [3.63, 3.8) is 0 Å². The van der Waals surface area contributed by atoms with E-state index in [4.69, 9.17) is 9.73 Å². The quantitative estimate of drug-likeness (QED) is 0.576. The summed E-state index contributed by atoms with van der Waals surface area (Å²) in [6.07, 6.45) is 1.30. The topological polar surface area (TPSA) is 50.7 Å². The van der Waals surface area contributed by atoms with Crippen LogP contribution in [0.25, 0.3) is 0 Å². The zero-order chi connectivity index (χ0) is 21.4. The summed E-state index contributed by atoms with van der Waals surface area (Å²) in [7, 11) is 1.67. The Kier molecular flexibility index (Phi) is 5.06. The van der Waals surface area contributed by atoms with E-state index in [2.05, 4.69) is 48.6 Å². The van der Waals surface area contributed by atoms with Crippen molar-refractivity contribution in [2.24, 2.45) is 10.9 Å². The number of ketones is 1. The van der Waals surface area contributed by atoms with Gasteiger partial charge in [-0.25, -0.2) is 0 Å². The van der Waals surface area contributed by atoms with E-state index in [1.165, 1.54) is 5.56 Å². The molecule has 1 aliphatic carbocycles. The molecule has 3 aromatic carbocycles. The number of fused-ring (bicyclic) bond motifs is 2. The molecule has 156 valence electrons. The second kappa shape index (κ2) is 8.03. The maximum atomic E-state index is 13.5. The van der Waals surface area contributed by atoms with Gasteiger partial charge in [0.2, 0.25) is 0 Å². The smallest absolute Gasteiger partial charge is 0.144 e. The molecule has 1 N–H and O–H groups in total. The molecule has 0 amide bonds. The number of carbonyl (C=O) groups is 1. The van der Waals surface area contributed by atoms with Crippen molar-refractivity contribution in [1.82, 2.24) is 0 Å². The third-order valence-corrected chi connectivity index (χ3v) is 6.45. The van der Waals surface area contributed by atoms with Gasteiger partial charge < -0.3 is 10.1 Å². The molecule has 0 spiro atoms. The summed E-state index contributed by atoms with van der Waals surface area (Å²) in [6, 6.07) is 24.5. The standard InChI is InChI=1S/C27H26N2O2/c1-17-7-9-19(10-8-17)27-26-24(28-22-5-3-4-6-23(22)29-27)15-20(16-25(26)30)18-11-13-21(31-2)14-12-18/h3-14,20,26-27,29H,15-16H2,1-2H3/t20-,26-,27+/m1/s1. The summed E-state index contributed by atoms with van der Waals surface area (Å²) < 4.78 is 5.29. The van der Waals surface area contributed by atoms with Crippen LogP contribution in [-0.4, -0.2) is 18.6 Å². The third-order valence-electron chi connectivity index (χ3n) is 6.45. The molecule has 4 nitrogen and oxygen atoms in total. The monoisotopic (exact) mass is 410 g/mol. The number of aliphatic imine (C=N–C) groups is 1. The van der Waals surface area contributed by atoms with Gasteiger partial charge >= 0.3 is 0 Å². The lowest BCUT2D eigenvalue weighted by atomic mass is 9.72. The van der Waals surface area contributed by atoms with Gasteiger partial charge in [0.1, 0.15) is 11.5 Å². The average Bonchev–Trinajstić information content (AvgIpc) is 2.96. The fraction of sp³-hybridized carbons (Fsp3) is 0.259. The SMILES string of the molecule is COc1ccc([C@H]2CC(=O)[C@H]3C(=Nc4ccccc4N[C@H]3c3ccc(C)cc3)C2)cc1. The van der Waals surface area contributed by atoms with Gasteiger partial charge in [-0.3, -0.25) is 9.79 Å². The minimum Gasteiger partial charge on any atom is -0.497 e. The van der Waals surface area contributed by atoms with Crippen LogP contribution in [0.15, 0.2) is 77.8 Å². The molecule has 1 heterocycles. The normalized spacial score (nSPS) is 22.5. The van der Waals surface area contributed by atoms with E-state index in [0.717, 1.165) is 40.4 Å². The molecule has 0 aromatic heterocycles. The number of nitrogens with one attached hydrogen (secondary N) is 1. The zero-order valence-electron chi connectivity index (χ0n) is 17.8. The van der Waals surface area contributed by atoms with Gasteiger partial charge in [0, 0.05) is 12.1 Å². The van der Waals surface area contributed by atoms with Crippen LogP contribution >= 0.6 is 0 Å². The number of methoxy groups -OCH3 is 1. The maximum absolute atomic E-state index is 13.5. The zero-order valence-corrected chi connectivity index (χ0v) is 17.8. The molecule has 3 aromatic rings. The highest BCUT2D eigenvalue weighted by atomic mass is 16.5. The predicted octanol–water partition coefficient (Wildman–Crippen LogP) is 6.01. The van der Waals surface area contributed by atoms with Crippen molar-refractivity contribution < 1.29 is 9.53 Å². The van der Waals surface area contributed by atoms with Gasteiger partial charge in [0.25, 0.3) is 0 Å². The summed E-state index contributed by atoms with van der Waals surface area (Å²) >= 11 is 0. The highest BCUT2D eigenvalue weighted by Gasteiger charge is 2.41. The van der Waals surface area contributed by atoms with Crippen molar-refractivity contribution in [3.8, 4) is 5.75 Å². The lowest BCUT2D eigenvalue weighted by Gasteiger charge is -2.34. The largest absolute Gasteiger partial charge is 0.497 e. The second-order valence-electron chi connectivity index (χ2n) is 8.48. The number of anilines is 1. The number of hydrogen-bond donors (Lipinski definition) is 1. The van der Waals surface area contributed by atoms with Gasteiger partial charge in [-0.2, -0.15) is 0 Å². The molecule has 0 saturated heterocycles. The van der Waals surface area contributed by atoms with E-state index < -0.39 is 0 Å². The van der Waals surface area contributed by atoms with Crippen LogP contribution in [0.3, 0.4) is 0 Å². The average molecular weight is 411 g/mol. The maximum Gasteiger partial charge on any atom is 0.144 e. The van der Waals surface area contributed by atoms with Gasteiger partial charge in [0.05, 0.1) is 30.4 Å². The van der Waals surface area contributed by atoms with E-state index >= 15 is 0 Å². The minimum atomic E-state index is -0.260. The van der Waals surface area contributed by atoms with Crippen molar-refractivity contribution in [1.29, 1.82) is 0 Å². The van der Waals surface area contributed by atoms with Crippen molar-refractivity contribution >= 4 is 22.9 Å². The fourth-order valence-corrected chi connectivity index (χ4v) is 4.76. The molecule has 2 aliphatic rings. The lowest BCUT2D eigenvalue weighted by Crippen LogP contribution is -2.38. The number of para-hydroxylation sites is 2. The van der Waals surface area contributed by atoms with Gasteiger partial charge in [-0.15, -0.1) is 0 Å². The summed E-state index contributed by atoms with van der Waals surface area (Å²) in [5, 5.41) is 3.64. The first-order valence-corrected chi connectivity index (χ1v) is 10.8. The number of hydrogen-bond acceptors (Lipinski definition) is 4. The highest BCUT2D eigenvalue weighted by Crippen LogP contribution is 2.44. The highest BCUT2D eigenvalue weighted by molar-refractivity contribution is 6.10. The van der Waals surface area contributed by atoms with E-state index in [9.17, 15) is 4.79 Å². The lowest BCUT2D eigenvalue weighted by molar-refractivity contribution is -0.122. The molecule has 0 unspecified atom stereocenters. The molecule has 1 aliphatic heterocycles. The van der Waals surface area contributed by atoms with Crippen molar-refractivity contribution in [2.45, 2.75) is 31.7 Å². The Balaban J connectivity index is 1.55. The molecule has 0 bridgehead atoms. The number of rotatable bonds is 3. The Hall–Kier alpha value is -3.40. The second-order valence-corrected chi connectivity index (χ2v) is 8.48. The molecule has 4 heteroatoms. The molecule has 0 radical (unpaired) electrons. The van der Waals surface area contributed by atoms with Gasteiger partial charge in [-0.1, -0.05) is 54.1 Å².